The molecule has 0 radical (unpaired) electrons. The Hall–Kier alpha value is -2.44. The van der Waals surface area contributed by atoms with E-state index in [9.17, 15) is 19.2 Å². The summed E-state index contributed by atoms with van der Waals surface area (Å²) in [6, 6.07) is -1.72. The fourth-order valence-electron chi connectivity index (χ4n) is 4.42. The van der Waals surface area contributed by atoms with Crippen molar-refractivity contribution in [3.05, 3.63) is 0 Å². The van der Waals surface area contributed by atoms with E-state index in [0.29, 0.717) is 6.42 Å². The molecule has 3 N–H and O–H groups in total. The molecule has 2 aliphatic rings. The summed E-state index contributed by atoms with van der Waals surface area (Å²) in [7, 11) is 1.26. The highest BCUT2D eigenvalue weighted by Gasteiger charge is 2.57. The molecule has 2 heterocycles. The number of ether oxygens (including phenoxy) is 5. The van der Waals surface area contributed by atoms with Crippen molar-refractivity contribution in [2.24, 2.45) is 17.8 Å². The molecule has 2 rings (SSSR count). The maximum Gasteiger partial charge on any atom is 0.408 e. The molecule has 2 aliphatic heterocycles. The molecule has 0 aromatic carbocycles. The number of amides is 3. The minimum atomic E-state index is -0.971. The Morgan fingerprint density at radius 2 is 1.63 bits per heavy atom. The first kappa shape index (κ1) is 31.8. The van der Waals surface area contributed by atoms with Gasteiger partial charge < -0.3 is 39.6 Å². The smallest absolute Gasteiger partial charge is 0.408 e. The van der Waals surface area contributed by atoms with E-state index in [4.69, 9.17) is 23.7 Å². The Kier molecular flexibility index (Phi) is 10.5. The molecule has 0 spiro atoms. The van der Waals surface area contributed by atoms with Crippen molar-refractivity contribution >= 4 is 23.9 Å². The van der Waals surface area contributed by atoms with E-state index in [1.165, 1.54) is 7.11 Å². The monoisotopic (exact) mass is 543 g/mol. The van der Waals surface area contributed by atoms with E-state index < -0.39 is 71.8 Å². The average molecular weight is 544 g/mol. The van der Waals surface area contributed by atoms with Gasteiger partial charge in [0.05, 0.1) is 19.1 Å². The Labute approximate surface area is 225 Å². The summed E-state index contributed by atoms with van der Waals surface area (Å²) < 4.78 is 27.9. The normalized spacial score (nSPS) is 25.9. The molecule has 2 fully saturated rings. The predicted molar refractivity (Wildman–Crippen MR) is 137 cm³/mol. The Morgan fingerprint density at radius 1 is 1.00 bits per heavy atom. The van der Waals surface area contributed by atoms with Gasteiger partial charge in [-0.3, -0.25) is 9.59 Å². The molecule has 0 saturated carbocycles. The van der Waals surface area contributed by atoms with E-state index in [0.717, 1.165) is 0 Å². The molecule has 6 atom stereocenters. The van der Waals surface area contributed by atoms with Gasteiger partial charge in [-0.15, -0.1) is 0 Å². The Bertz CT molecular complexity index is 869. The zero-order valence-corrected chi connectivity index (χ0v) is 24.2. The van der Waals surface area contributed by atoms with Crippen molar-refractivity contribution in [3.63, 3.8) is 0 Å². The van der Waals surface area contributed by atoms with Crippen LogP contribution in [-0.2, 0) is 38.1 Å². The van der Waals surface area contributed by atoms with Crippen molar-refractivity contribution < 1.29 is 42.9 Å². The van der Waals surface area contributed by atoms with Crippen LogP contribution >= 0.6 is 0 Å². The second-order valence-corrected chi connectivity index (χ2v) is 12.0. The van der Waals surface area contributed by atoms with Gasteiger partial charge >= 0.3 is 12.1 Å². The van der Waals surface area contributed by atoms with Crippen LogP contribution < -0.4 is 16.0 Å². The lowest BCUT2D eigenvalue weighted by Gasteiger charge is -2.28. The zero-order chi connectivity index (χ0) is 29.0. The fourth-order valence-corrected chi connectivity index (χ4v) is 4.42. The number of hydrogen-bond donors (Lipinski definition) is 3. The van der Waals surface area contributed by atoms with Gasteiger partial charge in [-0.05, 0) is 52.9 Å². The molecule has 3 amide bonds. The van der Waals surface area contributed by atoms with Crippen molar-refractivity contribution in [1.29, 1.82) is 0 Å². The van der Waals surface area contributed by atoms with E-state index in [1.54, 1.807) is 48.5 Å². The molecular formula is C26H45N3O9. The molecule has 0 aromatic rings. The third-order valence-corrected chi connectivity index (χ3v) is 6.07. The number of methoxy groups -OCH3 is 1. The van der Waals surface area contributed by atoms with E-state index in [1.807, 2.05) is 13.8 Å². The van der Waals surface area contributed by atoms with Crippen LogP contribution in [0, 0.1) is 17.8 Å². The number of fused-ring (bicyclic) bond motifs is 1. The van der Waals surface area contributed by atoms with Gasteiger partial charge in [0, 0.05) is 6.54 Å². The summed E-state index contributed by atoms with van der Waals surface area (Å²) in [4.78, 5) is 51.1. The Morgan fingerprint density at radius 3 is 2.16 bits per heavy atom. The maximum absolute atomic E-state index is 13.4. The van der Waals surface area contributed by atoms with Crippen molar-refractivity contribution in [2.45, 2.75) is 111 Å². The van der Waals surface area contributed by atoms with Crippen LogP contribution in [0.1, 0.15) is 68.7 Å². The quantitative estimate of drug-likeness (QED) is 0.351. The third kappa shape index (κ3) is 8.81. The number of carbonyl (C=O) groups is 4. The van der Waals surface area contributed by atoms with E-state index in [2.05, 4.69) is 16.0 Å². The van der Waals surface area contributed by atoms with Crippen LogP contribution in [0.4, 0.5) is 4.79 Å². The highest BCUT2D eigenvalue weighted by molar-refractivity contribution is 5.87. The van der Waals surface area contributed by atoms with Crippen molar-refractivity contribution in [3.8, 4) is 0 Å². The summed E-state index contributed by atoms with van der Waals surface area (Å²) in [5, 5.41) is 8.16. The second kappa shape index (κ2) is 12.6. The first-order chi connectivity index (χ1) is 17.4. The lowest BCUT2D eigenvalue weighted by Crippen LogP contribution is -2.53. The molecule has 0 aromatic heterocycles. The van der Waals surface area contributed by atoms with Crippen LogP contribution in [0.2, 0.25) is 0 Å². The largest absolute Gasteiger partial charge is 0.467 e. The van der Waals surface area contributed by atoms with Crippen LogP contribution in [-0.4, -0.2) is 79.5 Å². The molecule has 12 heteroatoms. The van der Waals surface area contributed by atoms with Gasteiger partial charge in [0.2, 0.25) is 11.8 Å². The van der Waals surface area contributed by atoms with Gasteiger partial charge in [0.15, 0.2) is 12.1 Å². The van der Waals surface area contributed by atoms with Crippen molar-refractivity contribution in [1.82, 2.24) is 16.0 Å². The van der Waals surface area contributed by atoms with Crippen LogP contribution in [0.25, 0.3) is 0 Å². The molecule has 38 heavy (non-hydrogen) atoms. The molecule has 12 nitrogen and oxygen atoms in total. The number of rotatable bonds is 10. The van der Waals surface area contributed by atoms with Crippen molar-refractivity contribution in [2.75, 3.05) is 13.7 Å². The lowest BCUT2D eigenvalue weighted by atomic mass is 9.95. The van der Waals surface area contributed by atoms with Crippen LogP contribution in [0.15, 0.2) is 0 Å². The highest BCUT2D eigenvalue weighted by Crippen LogP contribution is 2.40. The average Bonchev–Trinajstić information content (AvgIpc) is 3.23. The number of esters is 1. The molecule has 2 saturated heterocycles. The van der Waals surface area contributed by atoms with Crippen LogP contribution in [0.3, 0.4) is 0 Å². The first-order valence-corrected chi connectivity index (χ1v) is 13.1. The van der Waals surface area contributed by atoms with Gasteiger partial charge in [-0.2, -0.15) is 0 Å². The summed E-state index contributed by atoms with van der Waals surface area (Å²) in [5.41, 5.74) is -0.717. The summed E-state index contributed by atoms with van der Waals surface area (Å²) in [6.07, 6.45) is -2.71. The summed E-state index contributed by atoms with van der Waals surface area (Å²) >= 11 is 0. The van der Waals surface area contributed by atoms with Gasteiger partial charge in [0.25, 0.3) is 0 Å². The first-order valence-electron chi connectivity index (χ1n) is 13.1. The van der Waals surface area contributed by atoms with Gasteiger partial charge in [-0.1, -0.05) is 27.7 Å². The Balaban J connectivity index is 2.16. The SMILES string of the molecule is COC(=O)[C@@H](NC(=O)[C@H]1[C@H]2OC(C)(C)O[C@H]2O[C@@H]1CNC(=O)[C@H](CC(C)C)NC(=O)OC(C)(C)C)C(C)C. The molecule has 0 unspecified atom stereocenters. The molecule has 0 bridgehead atoms. The van der Waals surface area contributed by atoms with Gasteiger partial charge in [-0.25, -0.2) is 9.59 Å². The maximum atomic E-state index is 13.4. The standard InChI is InChI=1S/C26H45N3O9/c1-13(2)11-15(28-24(33)38-25(5,6)7)20(30)27-12-16-17(19-23(35-16)37-26(8,9)36-19)21(31)29-18(14(3)4)22(32)34-10/h13-19,23H,11-12H2,1-10H3,(H,27,30)(H,28,33)(H,29,31)/t15-,16+,17+,18-,19+,23+/m0/s1. The number of hydrogen-bond acceptors (Lipinski definition) is 9. The van der Waals surface area contributed by atoms with Crippen LogP contribution in [0.5, 0.6) is 0 Å². The minimum Gasteiger partial charge on any atom is -0.467 e. The predicted octanol–water partition coefficient (Wildman–Crippen LogP) is 1.85. The summed E-state index contributed by atoms with van der Waals surface area (Å²) in [5.74, 6) is -3.46. The second-order valence-electron chi connectivity index (χ2n) is 12.0. The van der Waals surface area contributed by atoms with E-state index in [-0.39, 0.29) is 18.4 Å². The molecule has 218 valence electrons. The minimum absolute atomic E-state index is 0.0494. The lowest BCUT2D eigenvalue weighted by molar-refractivity contribution is -0.209. The zero-order valence-electron chi connectivity index (χ0n) is 24.2. The molecular weight excluding hydrogens is 498 g/mol. The molecule has 0 aliphatic carbocycles. The van der Waals surface area contributed by atoms with E-state index >= 15 is 0 Å². The number of carbonyl (C=O) groups excluding carboxylic acids is 4. The highest BCUT2D eigenvalue weighted by atomic mass is 16.8. The summed E-state index contributed by atoms with van der Waals surface area (Å²) in [6.45, 7) is 16.0. The number of nitrogens with one attached hydrogen (secondary N) is 3. The topological polar surface area (TPSA) is 151 Å². The number of alkyl carbamates (subject to hydrolysis) is 1. The fraction of sp³-hybridized carbons (Fsp3) is 0.846. The van der Waals surface area contributed by atoms with Gasteiger partial charge in [0.1, 0.15) is 23.8 Å². The third-order valence-electron chi connectivity index (χ3n) is 6.07.